The van der Waals surface area contributed by atoms with Gasteiger partial charge in [0.1, 0.15) is 11.9 Å². The summed E-state index contributed by atoms with van der Waals surface area (Å²) >= 11 is 1.53. The number of amides is 1. The monoisotopic (exact) mass is 331 g/mol. The van der Waals surface area contributed by atoms with Gasteiger partial charge in [-0.25, -0.2) is 15.0 Å². The van der Waals surface area contributed by atoms with E-state index >= 15 is 0 Å². The van der Waals surface area contributed by atoms with Crippen LogP contribution in [-0.2, 0) is 11.3 Å². The van der Waals surface area contributed by atoms with Gasteiger partial charge in [0.05, 0.1) is 12.2 Å². The second kappa shape index (κ2) is 7.04. The van der Waals surface area contributed by atoms with Crippen LogP contribution in [0.2, 0.25) is 0 Å². The number of nitrogens with one attached hydrogen (secondary N) is 2. The average Bonchev–Trinajstić information content (AvgIpc) is 3.06. The van der Waals surface area contributed by atoms with Crippen molar-refractivity contribution in [2.45, 2.75) is 51.1 Å². The van der Waals surface area contributed by atoms with Crippen LogP contribution in [-0.4, -0.2) is 26.4 Å². The van der Waals surface area contributed by atoms with Crippen molar-refractivity contribution in [2.24, 2.45) is 0 Å². The van der Waals surface area contributed by atoms with E-state index in [1.807, 2.05) is 18.4 Å². The Morgan fingerprint density at radius 1 is 1.26 bits per heavy atom. The molecule has 0 aromatic carbocycles. The predicted molar refractivity (Wildman–Crippen MR) is 90.2 cm³/mol. The van der Waals surface area contributed by atoms with Crippen molar-refractivity contribution in [1.29, 1.82) is 0 Å². The number of carbonyl (C=O) groups excluding carboxylic acids is 1. The molecule has 2 heterocycles. The quantitative estimate of drug-likeness (QED) is 0.880. The zero-order valence-corrected chi connectivity index (χ0v) is 14.0. The van der Waals surface area contributed by atoms with E-state index in [9.17, 15) is 4.79 Å². The van der Waals surface area contributed by atoms with Crippen molar-refractivity contribution in [1.82, 2.24) is 20.3 Å². The number of hydrogen-bond donors (Lipinski definition) is 2. The summed E-state index contributed by atoms with van der Waals surface area (Å²) in [6.45, 7) is 2.34. The molecule has 1 saturated carbocycles. The summed E-state index contributed by atoms with van der Waals surface area (Å²) in [5.41, 5.74) is 1.17. The highest BCUT2D eigenvalue weighted by Crippen LogP contribution is 2.32. The second-order valence-corrected chi connectivity index (χ2v) is 6.83. The molecule has 0 bridgehead atoms. The Bertz CT molecular complexity index is 652. The van der Waals surface area contributed by atoms with Crippen molar-refractivity contribution in [3.05, 3.63) is 35.4 Å². The highest BCUT2D eigenvalue weighted by atomic mass is 32.1. The fraction of sp³-hybridized carbons (Fsp3) is 0.500. The van der Waals surface area contributed by atoms with Gasteiger partial charge in [0, 0.05) is 17.3 Å². The summed E-state index contributed by atoms with van der Waals surface area (Å²) in [5.74, 6) is 0.0312. The number of aryl methyl sites for hydroxylation is 1. The van der Waals surface area contributed by atoms with Crippen LogP contribution in [0, 0.1) is 6.92 Å². The van der Waals surface area contributed by atoms with Crippen molar-refractivity contribution in [3.8, 4) is 0 Å². The first-order valence-corrected chi connectivity index (χ1v) is 8.79. The molecule has 3 rings (SSSR count). The summed E-state index contributed by atoms with van der Waals surface area (Å²) in [5, 5.41) is 9.14. The lowest BCUT2D eigenvalue weighted by Crippen LogP contribution is -2.53. The molecule has 0 unspecified atom stereocenters. The van der Waals surface area contributed by atoms with Crippen LogP contribution in [0.5, 0.6) is 0 Å². The van der Waals surface area contributed by atoms with Gasteiger partial charge in [-0.1, -0.05) is 19.3 Å². The Morgan fingerprint density at radius 2 is 2.09 bits per heavy atom. The Labute approximate surface area is 139 Å². The zero-order valence-electron chi connectivity index (χ0n) is 13.2. The maximum absolute atomic E-state index is 12.9. The first-order chi connectivity index (χ1) is 11.2. The zero-order chi connectivity index (χ0) is 16.1. The Morgan fingerprint density at radius 3 is 2.78 bits per heavy atom. The maximum Gasteiger partial charge on any atom is 0.246 e. The molecule has 2 aromatic heterocycles. The molecule has 6 nitrogen and oxygen atoms in total. The largest absolute Gasteiger partial charge is 0.348 e. The van der Waals surface area contributed by atoms with Crippen molar-refractivity contribution < 1.29 is 4.79 Å². The number of rotatable bonds is 5. The molecule has 0 radical (unpaired) electrons. The van der Waals surface area contributed by atoms with E-state index in [1.165, 1.54) is 24.1 Å². The van der Waals surface area contributed by atoms with E-state index in [0.717, 1.165) is 42.2 Å². The summed E-state index contributed by atoms with van der Waals surface area (Å²) in [4.78, 5) is 25.4. The molecule has 1 aliphatic rings. The van der Waals surface area contributed by atoms with E-state index in [4.69, 9.17) is 0 Å². The van der Waals surface area contributed by atoms with Gasteiger partial charge in [-0.05, 0) is 25.8 Å². The third kappa shape index (κ3) is 3.85. The minimum atomic E-state index is -0.557. The standard InChI is InChI=1S/C16H21N5OS/c1-12-9-13(20-11-19-12)10-18-14(22)16(5-3-2-4-6-16)21-15-17-7-8-23-15/h7-9,11H,2-6,10H2,1H3,(H,17,21)(H,18,22). The molecule has 0 saturated heterocycles. The molecule has 0 spiro atoms. The van der Waals surface area contributed by atoms with Gasteiger partial charge in [-0.2, -0.15) is 0 Å². The van der Waals surface area contributed by atoms with E-state index < -0.39 is 5.54 Å². The average molecular weight is 331 g/mol. The Kier molecular flexibility index (Phi) is 4.85. The van der Waals surface area contributed by atoms with Crippen molar-refractivity contribution in [2.75, 3.05) is 5.32 Å². The lowest BCUT2D eigenvalue weighted by Gasteiger charge is -2.36. The maximum atomic E-state index is 12.9. The van der Waals surface area contributed by atoms with E-state index in [1.54, 1.807) is 6.20 Å². The molecular formula is C16H21N5OS. The van der Waals surface area contributed by atoms with E-state index in [-0.39, 0.29) is 5.91 Å². The molecule has 23 heavy (non-hydrogen) atoms. The fourth-order valence-corrected chi connectivity index (χ4v) is 3.63. The first kappa shape index (κ1) is 15.9. The number of nitrogens with zero attached hydrogens (tertiary/aromatic N) is 3. The summed E-state index contributed by atoms with van der Waals surface area (Å²) in [7, 11) is 0. The topological polar surface area (TPSA) is 79.8 Å². The lowest BCUT2D eigenvalue weighted by molar-refractivity contribution is -0.126. The molecule has 7 heteroatoms. The minimum absolute atomic E-state index is 0.0312. The fourth-order valence-electron chi connectivity index (χ4n) is 3.00. The Hall–Kier alpha value is -2.02. The molecule has 122 valence electrons. The highest BCUT2D eigenvalue weighted by molar-refractivity contribution is 7.13. The van der Waals surface area contributed by atoms with Crippen molar-refractivity contribution in [3.63, 3.8) is 0 Å². The molecule has 1 aliphatic carbocycles. The molecule has 2 aromatic rings. The van der Waals surface area contributed by atoms with Crippen LogP contribution in [0.1, 0.15) is 43.5 Å². The van der Waals surface area contributed by atoms with Crippen molar-refractivity contribution >= 4 is 22.4 Å². The normalized spacial score (nSPS) is 16.7. The molecule has 0 atom stereocenters. The van der Waals surface area contributed by atoms with Crippen LogP contribution in [0.15, 0.2) is 24.0 Å². The Balaban J connectivity index is 1.70. The SMILES string of the molecule is Cc1cc(CNC(=O)C2(Nc3nccs3)CCCCC2)ncn1. The van der Waals surface area contributed by atoms with Crippen LogP contribution >= 0.6 is 11.3 Å². The smallest absolute Gasteiger partial charge is 0.246 e. The molecule has 2 N–H and O–H groups in total. The first-order valence-electron chi connectivity index (χ1n) is 7.91. The lowest BCUT2D eigenvalue weighted by atomic mass is 9.81. The molecule has 1 fully saturated rings. The van der Waals surface area contributed by atoms with Crippen LogP contribution < -0.4 is 10.6 Å². The third-order valence-electron chi connectivity index (χ3n) is 4.21. The summed E-state index contributed by atoms with van der Waals surface area (Å²) < 4.78 is 0. The van der Waals surface area contributed by atoms with Gasteiger partial charge in [0.15, 0.2) is 5.13 Å². The van der Waals surface area contributed by atoms with Gasteiger partial charge in [-0.3, -0.25) is 4.79 Å². The second-order valence-electron chi connectivity index (χ2n) is 5.94. The minimum Gasteiger partial charge on any atom is -0.348 e. The highest BCUT2D eigenvalue weighted by Gasteiger charge is 2.39. The number of aromatic nitrogens is 3. The molecule has 1 amide bonds. The predicted octanol–water partition coefficient (Wildman–Crippen LogP) is 2.67. The number of anilines is 1. The van der Waals surface area contributed by atoms with Gasteiger partial charge in [0.2, 0.25) is 5.91 Å². The number of hydrogen-bond acceptors (Lipinski definition) is 6. The summed E-state index contributed by atoms with van der Waals surface area (Å²) in [6.07, 6.45) is 8.24. The summed E-state index contributed by atoms with van der Waals surface area (Å²) in [6, 6.07) is 1.89. The van der Waals surface area contributed by atoms with E-state index in [0.29, 0.717) is 6.54 Å². The van der Waals surface area contributed by atoms with Crippen LogP contribution in [0.25, 0.3) is 0 Å². The van der Waals surface area contributed by atoms with E-state index in [2.05, 4.69) is 25.6 Å². The van der Waals surface area contributed by atoms with Gasteiger partial charge in [0.25, 0.3) is 0 Å². The molecule has 0 aliphatic heterocycles. The van der Waals surface area contributed by atoms with Crippen LogP contribution in [0.4, 0.5) is 5.13 Å². The molecular weight excluding hydrogens is 310 g/mol. The van der Waals surface area contributed by atoms with Gasteiger partial charge in [-0.15, -0.1) is 11.3 Å². The van der Waals surface area contributed by atoms with Gasteiger partial charge < -0.3 is 10.6 Å². The number of carbonyl (C=O) groups is 1. The van der Waals surface area contributed by atoms with Gasteiger partial charge >= 0.3 is 0 Å². The third-order valence-corrected chi connectivity index (χ3v) is 4.90. The van der Waals surface area contributed by atoms with Crippen LogP contribution in [0.3, 0.4) is 0 Å². The number of thiazole rings is 1.